The highest BCUT2D eigenvalue weighted by Crippen LogP contribution is 2.23. The Balaban J connectivity index is 1.41. The van der Waals surface area contributed by atoms with Gasteiger partial charge in [-0.3, -0.25) is 14.3 Å². The van der Waals surface area contributed by atoms with E-state index in [1.165, 1.54) is 10.6 Å². The maximum absolute atomic E-state index is 11.8. The Morgan fingerprint density at radius 1 is 1.28 bits per heavy atom. The molecule has 1 fully saturated rings. The van der Waals surface area contributed by atoms with E-state index in [1.54, 1.807) is 7.05 Å². The molecule has 0 spiro atoms. The van der Waals surface area contributed by atoms with E-state index in [2.05, 4.69) is 44.7 Å². The molecule has 1 atom stereocenters. The summed E-state index contributed by atoms with van der Waals surface area (Å²) < 4.78 is 25.0. The lowest BCUT2D eigenvalue weighted by molar-refractivity contribution is 0.208. The van der Waals surface area contributed by atoms with E-state index in [0.29, 0.717) is 11.7 Å². The van der Waals surface area contributed by atoms with Gasteiger partial charge in [-0.05, 0) is 55.3 Å². The number of aromatic nitrogens is 2. The summed E-state index contributed by atoms with van der Waals surface area (Å²) >= 11 is 0. The second-order valence-electron chi connectivity index (χ2n) is 7.79. The molecule has 1 aliphatic heterocycles. The van der Waals surface area contributed by atoms with Gasteiger partial charge in [0.2, 0.25) is 10.0 Å². The van der Waals surface area contributed by atoms with E-state index in [0.717, 1.165) is 54.6 Å². The van der Waals surface area contributed by atoms with Gasteiger partial charge in [0.1, 0.15) is 0 Å². The van der Waals surface area contributed by atoms with Gasteiger partial charge in [-0.15, -0.1) is 0 Å². The van der Waals surface area contributed by atoms with Gasteiger partial charge in [-0.2, -0.15) is 5.10 Å². The van der Waals surface area contributed by atoms with Crippen LogP contribution in [0.25, 0.3) is 10.9 Å². The van der Waals surface area contributed by atoms with Crippen LogP contribution in [0.3, 0.4) is 0 Å². The number of sulfonamides is 1. The Bertz CT molecular complexity index is 1100. The molecule has 3 aromatic rings. The first-order valence-electron chi connectivity index (χ1n) is 9.83. The van der Waals surface area contributed by atoms with Crippen LogP contribution < -0.4 is 9.62 Å². The zero-order valence-electron chi connectivity index (χ0n) is 16.8. The number of nitrogens with one attached hydrogen (secondary N) is 2. The molecule has 1 aromatic heterocycles. The topological polar surface area (TPSA) is 81.3 Å². The van der Waals surface area contributed by atoms with E-state index in [9.17, 15) is 8.42 Å². The number of benzene rings is 2. The standard InChI is InChI=1S/C21H27N5O2S/c1-25(29(2,27)28)20-7-3-5-16(11-20)14-26-10-4-6-19(15-26)23-18-8-9-21-17(12-18)13-22-24-21/h3,5,7-9,11-13,19,23H,4,6,10,14-15H2,1-2H3,(H,22,24)/t19-/m1/s1. The summed E-state index contributed by atoms with van der Waals surface area (Å²) in [6, 6.07) is 14.4. The molecule has 1 aliphatic rings. The van der Waals surface area contributed by atoms with Crippen molar-refractivity contribution in [3.8, 4) is 0 Å². The second-order valence-corrected chi connectivity index (χ2v) is 9.80. The molecule has 0 unspecified atom stereocenters. The number of fused-ring (bicyclic) bond motifs is 1. The van der Waals surface area contributed by atoms with Gasteiger partial charge >= 0.3 is 0 Å². The Kier molecular flexibility index (Phi) is 5.47. The van der Waals surface area contributed by atoms with Gasteiger partial charge in [0.05, 0.1) is 23.7 Å². The molecule has 2 heterocycles. The van der Waals surface area contributed by atoms with Crippen LogP contribution in [0.15, 0.2) is 48.7 Å². The molecule has 0 aliphatic carbocycles. The molecule has 0 amide bonds. The third kappa shape index (κ3) is 4.71. The SMILES string of the molecule is CN(c1cccc(CN2CCC[C@@H](Nc3ccc4[nH]ncc4c3)C2)c1)S(C)(=O)=O. The van der Waals surface area contributed by atoms with Crippen LogP contribution in [-0.4, -0.2) is 55.9 Å². The lowest BCUT2D eigenvalue weighted by atomic mass is 10.0. The highest BCUT2D eigenvalue weighted by molar-refractivity contribution is 7.92. The number of rotatable bonds is 6. The van der Waals surface area contributed by atoms with Crippen LogP contribution >= 0.6 is 0 Å². The minimum Gasteiger partial charge on any atom is -0.381 e. The maximum atomic E-state index is 11.8. The van der Waals surface area contributed by atoms with Crippen LogP contribution in [-0.2, 0) is 16.6 Å². The lowest BCUT2D eigenvalue weighted by Gasteiger charge is -2.34. The van der Waals surface area contributed by atoms with Crippen LogP contribution in [0, 0.1) is 0 Å². The van der Waals surface area contributed by atoms with E-state index >= 15 is 0 Å². The number of nitrogens with zero attached hydrogens (tertiary/aromatic N) is 3. The van der Waals surface area contributed by atoms with Crippen molar-refractivity contribution >= 4 is 32.3 Å². The first kappa shape index (κ1) is 19.7. The first-order valence-corrected chi connectivity index (χ1v) is 11.7. The van der Waals surface area contributed by atoms with E-state index < -0.39 is 10.0 Å². The summed E-state index contributed by atoms with van der Waals surface area (Å²) in [6.07, 6.45) is 5.33. The Hall–Kier alpha value is -2.58. The van der Waals surface area contributed by atoms with Crippen molar-refractivity contribution in [2.24, 2.45) is 0 Å². The monoisotopic (exact) mass is 413 g/mol. The molecule has 29 heavy (non-hydrogen) atoms. The van der Waals surface area contributed by atoms with Crippen LogP contribution in [0.4, 0.5) is 11.4 Å². The smallest absolute Gasteiger partial charge is 0.231 e. The molecule has 4 rings (SSSR count). The number of likely N-dealkylation sites (tertiary alicyclic amines) is 1. The second kappa shape index (κ2) is 8.04. The minimum atomic E-state index is -3.26. The summed E-state index contributed by atoms with van der Waals surface area (Å²) in [7, 11) is -1.67. The van der Waals surface area contributed by atoms with Gasteiger partial charge in [-0.1, -0.05) is 12.1 Å². The zero-order valence-corrected chi connectivity index (χ0v) is 17.6. The molecule has 2 aromatic carbocycles. The number of aromatic amines is 1. The molecule has 0 bridgehead atoms. The number of H-pyrrole nitrogens is 1. The molecule has 0 saturated carbocycles. The summed E-state index contributed by atoms with van der Waals surface area (Å²) in [5, 5.41) is 11.8. The minimum absolute atomic E-state index is 0.384. The average Bonchev–Trinajstić information content (AvgIpc) is 3.15. The van der Waals surface area contributed by atoms with Crippen LogP contribution in [0.2, 0.25) is 0 Å². The molecule has 0 radical (unpaired) electrons. The van der Waals surface area contributed by atoms with Crippen molar-refractivity contribution in [1.29, 1.82) is 0 Å². The molecule has 154 valence electrons. The van der Waals surface area contributed by atoms with Gasteiger partial charge in [-0.25, -0.2) is 8.42 Å². The van der Waals surface area contributed by atoms with Gasteiger partial charge in [0, 0.05) is 37.3 Å². The number of piperidine rings is 1. The predicted octanol–water partition coefficient (Wildman–Crippen LogP) is 3.04. The van der Waals surface area contributed by atoms with E-state index in [-0.39, 0.29) is 0 Å². The third-order valence-corrected chi connectivity index (χ3v) is 6.70. The predicted molar refractivity (Wildman–Crippen MR) is 118 cm³/mol. The fourth-order valence-corrected chi connectivity index (χ4v) is 4.38. The van der Waals surface area contributed by atoms with Crippen molar-refractivity contribution in [2.75, 3.05) is 36.0 Å². The maximum Gasteiger partial charge on any atom is 0.231 e. The highest BCUT2D eigenvalue weighted by Gasteiger charge is 2.20. The van der Waals surface area contributed by atoms with Crippen LogP contribution in [0.1, 0.15) is 18.4 Å². The van der Waals surface area contributed by atoms with Gasteiger partial charge in [0.25, 0.3) is 0 Å². The quantitative estimate of drug-likeness (QED) is 0.649. The lowest BCUT2D eigenvalue weighted by Crippen LogP contribution is -2.41. The summed E-state index contributed by atoms with van der Waals surface area (Å²) in [6.45, 7) is 2.81. The first-order chi connectivity index (χ1) is 13.9. The third-order valence-electron chi connectivity index (χ3n) is 5.49. The summed E-state index contributed by atoms with van der Waals surface area (Å²) in [5.74, 6) is 0. The fraction of sp³-hybridized carbons (Fsp3) is 0.381. The van der Waals surface area contributed by atoms with Crippen molar-refractivity contribution in [3.05, 3.63) is 54.2 Å². The fourth-order valence-electron chi connectivity index (χ4n) is 3.89. The number of hydrogen-bond acceptors (Lipinski definition) is 5. The highest BCUT2D eigenvalue weighted by atomic mass is 32.2. The molecular formula is C21H27N5O2S. The van der Waals surface area contributed by atoms with Crippen molar-refractivity contribution in [3.63, 3.8) is 0 Å². The van der Waals surface area contributed by atoms with Gasteiger partial charge in [0.15, 0.2) is 0 Å². The van der Waals surface area contributed by atoms with Crippen molar-refractivity contribution < 1.29 is 8.42 Å². The average molecular weight is 414 g/mol. The van der Waals surface area contributed by atoms with Gasteiger partial charge < -0.3 is 5.32 Å². The molecule has 8 heteroatoms. The molecule has 2 N–H and O–H groups in total. The van der Waals surface area contributed by atoms with Crippen molar-refractivity contribution in [2.45, 2.75) is 25.4 Å². The van der Waals surface area contributed by atoms with E-state index in [4.69, 9.17) is 0 Å². The zero-order chi connectivity index (χ0) is 20.4. The van der Waals surface area contributed by atoms with Crippen LogP contribution in [0.5, 0.6) is 0 Å². The Morgan fingerprint density at radius 2 is 2.14 bits per heavy atom. The molecular weight excluding hydrogens is 386 g/mol. The normalized spacial score (nSPS) is 18.1. The summed E-state index contributed by atoms with van der Waals surface area (Å²) in [4.78, 5) is 2.43. The Morgan fingerprint density at radius 3 is 2.97 bits per heavy atom. The molecule has 7 nitrogen and oxygen atoms in total. The number of hydrogen-bond donors (Lipinski definition) is 2. The number of anilines is 2. The molecule has 1 saturated heterocycles. The van der Waals surface area contributed by atoms with E-state index in [1.807, 2.05) is 24.4 Å². The largest absolute Gasteiger partial charge is 0.381 e. The summed E-state index contributed by atoms with van der Waals surface area (Å²) in [5.41, 5.74) is 3.98. The Labute approximate surface area is 171 Å². The van der Waals surface area contributed by atoms with Crippen molar-refractivity contribution in [1.82, 2.24) is 15.1 Å².